The summed E-state index contributed by atoms with van der Waals surface area (Å²) in [4.78, 5) is 44.8. The summed E-state index contributed by atoms with van der Waals surface area (Å²) >= 11 is 12.0. The normalized spacial score (nSPS) is 15.1. The molecule has 10 heteroatoms. The van der Waals surface area contributed by atoms with Gasteiger partial charge < -0.3 is 16.0 Å². The van der Waals surface area contributed by atoms with E-state index >= 15 is 0 Å². The smallest absolute Gasteiger partial charge is 0.258 e. The summed E-state index contributed by atoms with van der Waals surface area (Å²) in [7, 11) is 0. The lowest BCUT2D eigenvalue weighted by atomic mass is 9.92. The number of hydrogen-bond donors (Lipinski definition) is 4. The molecule has 2 aromatic carbocycles. The SMILES string of the molecule is Cc1ccc(NC(=O)[C@H]2CC(=O)Nc3nc(Nc4ccc(Cl)cc4)[nH]c(=O)c32)cc1Cl. The van der Waals surface area contributed by atoms with Crippen molar-refractivity contribution in [1.29, 1.82) is 0 Å². The van der Waals surface area contributed by atoms with Crippen molar-refractivity contribution in [2.45, 2.75) is 19.3 Å². The van der Waals surface area contributed by atoms with E-state index in [1.54, 1.807) is 42.5 Å². The average molecular weight is 458 g/mol. The first-order valence-corrected chi connectivity index (χ1v) is 10.1. The number of aromatic amines is 1. The maximum absolute atomic E-state index is 12.9. The number of fused-ring (bicyclic) bond motifs is 1. The summed E-state index contributed by atoms with van der Waals surface area (Å²) < 4.78 is 0. The van der Waals surface area contributed by atoms with Gasteiger partial charge in [0, 0.05) is 27.8 Å². The predicted octanol–water partition coefficient (Wildman–Crippen LogP) is 4.19. The van der Waals surface area contributed by atoms with E-state index in [1.165, 1.54) is 0 Å². The number of nitrogens with one attached hydrogen (secondary N) is 4. The van der Waals surface area contributed by atoms with Crippen LogP contribution in [0.5, 0.6) is 0 Å². The largest absolute Gasteiger partial charge is 0.326 e. The number of aromatic nitrogens is 2. The van der Waals surface area contributed by atoms with Gasteiger partial charge in [0.2, 0.25) is 17.8 Å². The Morgan fingerprint density at radius 3 is 2.52 bits per heavy atom. The third-order valence-electron chi connectivity index (χ3n) is 4.81. The van der Waals surface area contributed by atoms with Gasteiger partial charge in [-0.05, 0) is 48.9 Å². The molecule has 0 aliphatic carbocycles. The van der Waals surface area contributed by atoms with Crippen molar-refractivity contribution in [2.75, 3.05) is 16.0 Å². The zero-order valence-electron chi connectivity index (χ0n) is 16.3. The van der Waals surface area contributed by atoms with E-state index in [1.807, 2.05) is 6.92 Å². The Bertz CT molecular complexity index is 1240. The van der Waals surface area contributed by atoms with Crippen LogP contribution in [0.3, 0.4) is 0 Å². The summed E-state index contributed by atoms with van der Waals surface area (Å²) in [6.45, 7) is 1.84. The molecule has 8 nitrogen and oxygen atoms in total. The number of halogens is 2. The maximum Gasteiger partial charge on any atom is 0.258 e. The van der Waals surface area contributed by atoms with Gasteiger partial charge in [0.25, 0.3) is 5.56 Å². The second kappa shape index (κ2) is 8.41. The van der Waals surface area contributed by atoms with E-state index in [-0.39, 0.29) is 23.8 Å². The van der Waals surface area contributed by atoms with E-state index in [2.05, 4.69) is 25.9 Å². The predicted molar refractivity (Wildman–Crippen MR) is 120 cm³/mol. The third-order valence-corrected chi connectivity index (χ3v) is 5.47. The van der Waals surface area contributed by atoms with Crippen LogP contribution < -0.4 is 21.5 Å². The fourth-order valence-electron chi connectivity index (χ4n) is 3.22. The van der Waals surface area contributed by atoms with E-state index in [4.69, 9.17) is 23.2 Å². The van der Waals surface area contributed by atoms with Gasteiger partial charge in [-0.15, -0.1) is 0 Å². The molecule has 0 spiro atoms. The Kier molecular flexibility index (Phi) is 5.67. The molecule has 0 saturated heterocycles. The Hall–Kier alpha value is -3.36. The van der Waals surface area contributed by atoms with Crippen LogP contribution in [-0.4, -0.2) is 21.8 Å². The number of rotatable bonds is 4. The van der Waals surface area contributed by atoms with Gasteiger partial charge in [0.15, 0.2) is 0 Å². The van der Waals surface area contributed by atoms with Gasteiger partial charge in [0.05, 0.1) is 11.5 Å². The molecule has 0 unspecified atom stereocenters. The van der Waals surface area contributed by atoms with Crippen molar-refractivity contribution < 1.29 is 9.59 Å². The van der Waals surface area contributed by atoms with Crippen molar-refractivity contribution in [1.82, 2.24) is 9.97 Å². The Morgan fingerprint density at radius 1 is 1.10 bits per heavy atom. The van der Waals surface area contributed by atoms with Crippen molar-refractivity contribution in [3.8, 4) is 0 Å². The van der Waals surface area contributed by atoms with Gasteiger partial charge in [-0.1, -0.05) is 29.3 Å². The Labute approximate surface area is 187 Å². The van der Waals surface area contributed by atoms with Crippen LogP contribution in [0.2, 0.25) is 10.0 Å². The molecule has 0 radical (unpaired) electrons. The van der Waals surface area contributed by atoms with Gasteiger partial charge in [0.1, 0.15) is 5.82 Å². The van der Waals surface area contributed by atoms with Crippen molar-refractivity contribution in [3.05, 3.63) is 74.0 Å². The number of aryl methyl sites for hydroxylation is 1. The summed E-state index contributed by atoms with van der Waals surface area (Å²) in [5.41, 5.74) is 1.54. The lowest BCUT2D eigenvalue weighted by Crippen LogP contribution is -2.36. The van der Waals surface area contributed by atoms with E-state index in [0.717, 1.165) is 5.56 Å². The first-order valence-electron chi connectivity index (χ1n) is 9.34. The van der Waals surface area contributed by atoms with Crippen molar-refractivity contribution >= 4 is 58.2 Å². The minimum atomic E-state index is -0.996. The van der Waals surface area contributed by atoms with Crippen LogP contribution in [0.1, 0.15) is 23.5 Å². The molecule has 2 amide bonds. The van der Waals surface area contributed by atoms with Gasteiger partial charge >= 0.3 is 0 Å². The summed E-state index contributed by atoms with van der Waals surface area (Å²) in [6, 6.07) is 11.9. The highest BCUT2D eigenvalue weighted by atomic mass is 35.5. The van der Waals surface area contributed by atoms with E-state index < -0.39 is 23.3 Å². The second-order valence-electron chi connectivity index (χ2n) is 7.07. The number of H-pyrrole nitrogens is 1. The van der Waals surface area contributed by atoms with Crippen LogP contribution in [0, 0.1) is 6.92 Å². The highest BCUT2D eigenvalue weighted by Gasteiger charge is 2.34. The molecular formula is C21H17Cl2N5O3. The van der Waals surface area contributed by atoms with Crippen LogP contribution in [0.25, 0.3) is 0 Å². The van der Waals surface area contributed by atoms with E-state index in [0.29, 0.717) is 21.4 Å². The number of carbonyl (C=O) groups is 2. The van der Waals surface area contributed by atoms with Crippen LogP contribution in [0.15, 0.2) is 47.3 Å². The minimum Gasteiger partial charge on any atom is -0.326 e. The van der Waals surface area contributed by atoms with E-state index in [9.17, 15) is 14.4 Å². The van der Waals surface area contributed by atoms with Crippen LogP contribution >= 0.6 is 23.2 Å². The molecule has 1 aliphatic rings. The molecule has 158 valence electrons. The van der Waals surface area contributed by atoms with Gasteiger partial charge in [-0.25, -0.2) is 0 Å². The standard InChI is InChI=1S/C21H17Cl2N5O3/c1-10-2-5-13(8-15(10)23)24-19(30)14-9-16(29)26-18-17(14)20(31)28-21(27-18)25-12-6-3-11(22)4-7-12/h2-8,14H,9H2,1H3,(H,24,30)(H3,25,26,27,28,29,31)/t14-/m0/s1. The minimum absolute atomic E-state index is 0.0403. The molecule has 0 saturated carbocycles. The first kappa shape index (κ1) is 20.9. The Balaban J connectivity index is 1.63. The highest BCUT2D eigenvalue weighted by molar-refractivity contribution is 6.31. The zero-order chi connectivity index (χ0) is 22.1. The lowest BCUT2D eigenvalue weighted by Gasteiger charge is -2.23. The Morgan fingerprint density at radius 2 is 1.81 bits per heavy atom. The van der Waals surface area contributed by atoms with Gasteiger partial charge in [-0.2, -0.15) is 4.98 Å². The second-order valence-corrected chi connectivity index (χ2v) is 7.91. The number of carbonyl (C=O) groups excluding carboxylic acids is 2. The molecule has 0 bridgehead atoms. The first-order chi connectivity index (χ1) is 14.8. The molecule has 2 heterocycles. The fourth-order valence-corrected chi connectivity index (χ4v) is 3.53. The quantitative estimate of drug-likeness (QED) is 0.468. The van der Waals surface area contributed by atoms with Crippen LogP contribution in [-0.2, 0) is 9.59 Å². The molecule has 4 N–H and O–H groups in total. The topological polar surface area (TPSA) is 116 Å². The lowest BCUT2D eigenvalue weighted by molar-refractivity contribution is -0.123. The molecule has 0 fully saturated rings. The average Bonchev–Trinajstić information content (AvgIpc) is 2.71. The fraction of sp³-hybridized carbons (Fsp3) is 0.143. The summed E-state index contributed by atoms with van der Waals surface area (Å²) in [5.74, 6) is -1.74. The highest BCUT2D eigenvalue weighted by Crippen LogP contribution is 2.30. The molecule has 1 atom stereocenters. The number of hydrogen-bond acceptors (Lipinski definition) is 5. The molecule has 4 rings (SSSR count). The molecule has 31 heavy (non-hydrogen) atoms. The number of anilines is 4. The molecule has 1 aromatic heterocycles. The summed E-state index contributed by atoms with van der Waals surface area (Å²) in [6.07, 6.45) is -0.173. The summed E-state index contributed by atoms with van der Waals surface area (Å²) in [5, 5.41) is 9.29. The third kappa shape index (κ3) is 4.55. The number of amides is 2. The zero-order valence-corrected chi connectivity index (χ0v) is 17.8. The molecule has 1 aliphatic heterocycles. The van der Waals surface area contributed by atoms with Crippen LogP contribution in [0.4, 0.5) is 23.1 Å². The maximum atomic E-state index is 12.9. The number of nitrogens with zero attached hydrogens (tertiary/aromatic N) is 1. The number of benzene rings is 2. The monoisotopic (exact) mass is 457 g/mol. The van der Waals surface area contributed by atoms with Gasteiger partial charge in [-0.3, -0.25) is 19.4 Å². The van der Waals surface area contributed by atoms with Crippen molar-refractivity contribution in [2.24, 2.45) is 0 Å². The molecular weight excluding hydrogens is 441 g/mol. The van der Waals surface area contributed by atoms with Crippen molar-refractivity contribution in [3.63, 3.8) is 0 Å². The molecule has 3 aromatic rings.